The molecule has 0 amide bonds. The van der Waals surface area contributed by atoms with E-state index in [9.17, 15) is 0 Å². The number of nitrogens with zero attached hydrogens (tertiary/aromatic N) is 2. The van der Waals surface area contributed by atoms with E-state index in [2.05, 4.69) is 23.4 Å². The van der Waals surface area contributed by atoms with E-state index in [-0.39, 0.29) is 6.04 Å². The molecule has 1 unspecified atom stereocenters. The molecule has 1 heterocycles. The van der Waals surface area contributed by atoms with Gasteiger partial charge in [-0.15, -0.1) is 0 Å². The van der Waals surface area contributed by atoms with E-state index >= 15 is 0 Å². The Morgan fingerprint density at radius 2 is 2.00 bits per heavy atom. The molecule has 0 saturated heterocycles. The molecule has 0 bridgehead atoms. The molecule has 0 spiro atoms. The standard InChI is InChI=1S/C10H19N3.H2O.3O.Re/c1-3-5-7-13-8-6-12-10(13)9(11)4-2;;;;;/h6,8-9H,3-5,7,11H2,1-2H3;1H2;;;;/q;;;;;+1/p-1. The number of unbranched alkanes of at least 4 members (excludes halogenated alkanes) is 1. The zero-order valence-corrected chi connectivity index (χ0v) is 13.3. The van der Waals surface area contributed by atoms with Crippen molar-refractivity contribution in [2.45, 2.75) is 45.7 Å². The Labute approximate surface area is 109 Å². The molecule has 7 nitrogen and oxygen atoms in total. The Morgan fingerprint density at radius 1 is 1.44 bits per heavy atom. The second-order valence-corrected chi connectivity index (χ2v) is 6.59. The maximum absolute atomic E-state index is 8.75. The van der Waals surface area contributed by atoms with Gasteiger partial charge in [0.1, 0.15) is 5.82 Å². The molecule has 1 aromatic heterocycles. The zero-order chi connectivity index (χ0) is 14.2. The first-order valence-corrected chi connectivity index (χ1v) is 10.2. The minimum absolute atomic E-state index is 0.0897. The molecular formula is C10H20N3O4Re. The fraction of sp³-hybridized carbons (Fsp3) is 0.700. The summed E-state index contributed by atoms with van der Waals surface area (Å²) in [5.74, 6) is 1.02. The molecule has 1 atom stereocenters. The molecule has 106 valence electrons. The van der Waals surface area contributed by atoms with Gasteiger partial charge in [0, 0.05) is 18.9 Å². The van der Waals surface area contributed by atoms with Crippen molar-refractivity contribution in [2.75, 3.05) is 0 Å². The fourth-order valence-corrected chi connectivity index (χ4v) is 1.35. The minimum atomic E-state index is -5.86. The van der Waals surface area contributed by atoms with Crippen molar-refractivity contribution in [2.24, 2.45) is 5.73 Å². The molecule has 0 aliphatic rings. The quantitative estimate of drug-likeness (QED) is 0.722. The van der Waals surface area contributed by atoms with Crippen LogP contribution >= 0.6 is 0 Å². The van der Waals surface area contributed by atoms with E-state index in [0.29, 0.717) is 0 Å². The predicted molar refractivity (Wildman–Crippen MR) is 58.6 cm³/mol. The van der Waals surface area contributed by atoms with Gasteiger partial charge in [-0.2, -0.15) is 0 Å². The first-order chi connectivity index (χ1) is 8.29. The van der Waals surface area contributed by atoms with Gasteiger partial charge in [-0.05, 0) is 12.8 Å². The van der Waals surface area contributed by atoms with E-state index in [0.717, 1.165) is 18.8 Å². The van der Waals surface area contributed by atoms with Crippen molar-refractivity contribution in [3.63, 3.8) is 0 Å². The molecule has 1 rings (SSSR count). The molecular weight excluding hydrogens is 412 g/mol. The van der Waals surface area contributed by atoms with Crippen LogP contribution in [0.4, 0.5) is 0 Å². The van der Waals surface area contributed by atoms with Gasteiger partial charge in [-0.1, -0.05) is 20.3 Å². The third-order valence-electron chi connectivity index (χ3n) is 2.27. The Kier molecular flexibility index (Phi) is 7.95. The van der Waals surface area contributed by atoms with Crippen LogP contribution in [-0.4, -0.2) is 13.4 Å². The van der Waals surface area contributed by atoms with Crippen LogP contribution in [0.1, 0.15) is 45.0 Å². The normalized spacial score (nSPS) is 12.7. The molecule has 8 heteroatoms. The molecule has 0 radical (unpaired) electrons. The SMILES string of the molecule is CCCCn1ccnc1C(N)CC.[O]=[Re](=[O])(=[O])[OH]. The van der Waals surface area contributed by atoms with Gasteiger partial charge >= 0.3 is 30.0 Å². The maximum atomic E-state index is 8.75. The summed E-state index contributed by atoms with van der Waals surface area (Å²) in [6.07, 6.45) is 7.20. The number of aromatic nitrogens is 2. The summed E-state index contributed by atoms with van der Waals surface area (Å²) in [6, 6.07) is 0.0897. The van der Waals surface area contributed by atoms with Crippen LogP contribution in [0.15, 0.2) is 12.4 Å². The topological polar surface area (TPSA) is 115 Å². The third kappa shape index (κ3) is 8.31. The molecule has 0 aromatic carbocycles. The van der Waals surface area contributed by atoms with Gasteiger partial charge in [0.2, 0.25) is 0 Å². The van der Waals surface area contributed by atoms with Crippen molar-refractivity contribution >= 4 is 0 Å². The van der Waals surface area contributed by atoms with E-state index < -0.39 is 15.8 Å². The van der Waals surface area contributed by atoms with Gasteiger partial charge in [0.25, 0.3) is 0 Å². The number of nitrogens with two attached hydrogens (primary N) is 1. The number of hydrogen-bond acceptors (Lipinski definition) is 5. The summed E-state index contributed by atoms with van der Waals surface area (Å²) in [6.45, 7) is 5.32. The summed E-state index contributed by atoms with van der Waals surface area (Å²) in [4.78, 5) is 4.28. The second-order valence-electron chi connectivity index (χ2n) is 3.74. The Balaban J connectivity index is 0.000000494. The van der Waals surface area contributed by atoms with Crippen molar-refractivity contribution in [3.8, 4) is 0 Å². The molecule has 1 aromatic rings. The van der Waals surface area contributed by atoms with Crippen molar-refractivity contribution < 1.29 is 30.0 Å². The summed E-state index contributed by atoms with van der Waals surface area (Å²) in [5.41, 5.74) is 5.93. The van der Waals surface area contributed by atoms with Crippen LogP contribution in [0.25, 0.3) is 0 Å². The van der Waals surface area contributed by atoms with E-state index in [4.69, 9.17) is 20.0 Å². The first-order valence-electron chi connectivity index (χ1n) is 5.69. The van der Waals surface area contributed by atoms with Crippen LogP contribution in [0.2, 0.25) is 0 Å². The van der Waals surface area contributed by atoms with Crippen molar-refractivity contribution in [1.29, 1.82) is 0 Å². The molecule has 0 fully saturated rings. The number of aryl methyl sites for hydroxylation is 1. The molecule has 0 aliphatic heterocycles. The van der Waals surface area contributed by atoms with Crippen LogP contribution in [0.5, 0.6) is 0 Å². The van der Waals surface area contributed by atoms with E-state index in [1.807, 2.05) is 12.4 Å². The van der Waals surface area contributed by atoms with Gasteiger partial charge < -0.3 is 10.3 Å². The number of hydrogen-bond donors (Lipinski definition) is 2. The second kappa shape index (κ2) is 8.32. The predicted octanol–water partition coefficient (Wildman–Crippen LogP) is 1.18. The average Bonchev–Trinajstić information content (AvgIpc) is 2.71. The summed E-state index contributed by atoms with van der Waals surface area (Å²) >= 11 is -5.86. The van der Waals surface area contributed by atoms with Crippen LogP contribution < -0.4 is 5.73 Å². The van der Waals surface area contributed by atoms with Crippen LogP contribution in [-0.2, 0) is 32.7 Å². The summed E-state index contributed by atoms with van der Waals surface area (Å²) < 4.78 is 35.5. The van der Waals surface area contributed by atoms with Gasteiger partial charge in [0.05, 0.1) is 6.04 Å². The monoisotopic (exact) mass is 433 g/mol. The van der Waals surface area contributed by atoms with Crippen LogP contribution in [0.3, 0.4) is 0 Å². The van der Waals surface area contributed by atoms with Gasteiger partial charge in [-0.3, -0.25) is 0 Å². The Bertz CT molecular complexity index is 476. The Hall–Kier alpha value is -0.808. The third-order valence-corrected chi connectivity index (χ3v) is 2.27. The summed E-state index contributed by atoms with van der Waals surface area (Å²) in [7, 11) is 0. The molecule has 18 heavy (non-hydrogen) atoms. The average molecular weight is 432 g/mol. The summed E-state index contributed by atoms with van der Waals surface area (Å²) in [5, 5.41) is 0. The number of rotatable bonds is 5. The molecule has 3 N–H and O–H groups in total. The fourth-order valence-electron chi connectivity index (χ4n) is 1.35. The van der Waals surface area contributed by atoms with Crippen LogP contribution in [0, 0.1) is 0 Å². The van der Waals surface area contributed by atoms with Gasteiger partial charge in [0.15, 0.2) is 0 Å². The first kappa shape index (κ1) is 17.2. The van der Waals surface area contributed by atoms with E-state index in [1.165, 1.54) is 12.8 Å². The Morgan fingerprint density at radius 3 is 2.44 bits per heavy atom. The van der Waals surface area contributed by atoms with Crippen molar-refractivity contribution in [3.05, 3.63) is 18.2 Å². The molecule has 0 aliphatic carbocycles. The van der Waals surface area contributed by atoms with E-state index in [1.54, 1.807) is 0 Å². The van der Waals surface area contributed by atoms with Crippen molar-refractivity contribution in [1.82, 2.24) is 9.55 Å². The number of imidazole rings is 1. The molecule has 0 saturated carbocycles. The zero-order valence-electron chi connectivity index (χ0n) is 10.6. The van der Waals surface area contributed by atoms with Gasteiger partial charge in [-0.25, -0.2) is 4.98 Å².